The Morgan fingerprint density at radius 3 is 2.56 bits per heavy atom. The SMILES string of the molecule is COC(=O)c1n[nH]c(-c2ccc(Cl)cc2)cc1=O. The van der Waals surface area contributed by atoms with Gasteiger partial charge >= 0.3 is 5.97 Å². The first kappa shape index (κ1) is 12.3. The van der Waals surface area contributed by atoms with Gasteiger partial charge in [-0.1, -0.05) is 23.7 Å². The maximum atomic E-state index is 11.7. The monoisotopic (exact) mass is 264 g/mol. The summed E-state index contributed by atoms with van der Waals surface area (Å²) in [6.07, 6.45) is 0. The number of nitrogens with zero attached hydrogens (tertiary/aromatic N) is 1. The number of carbonyl (C=O) groups excluding carboxylic acids is 1. The topological polar surface area (TPSA) is 72.0 Å². The zero-order valence-corrected chi connectivity index (χ0v) is 10.2. The quantitative estimate of drug-likeness (QED) is 0.841. The van der Waals surface area contributed by atoms with E-state index in [9.17, 15) is 9.59 Å². The van der Waals surface area contributed by atoms with E-state index < -0.39 is 11.4 Å². The zero-order chi connectivity index (χ0) is 13.1. The van der Waals surface area contributed by atoms with Crippen LogP contribution in [-0.4, -0.2) is 23.3 Å². The van der Waals surface area contributed by atoms with E-state index in [1.165, 1.54) is 13.2 Å². The van der Waals surface area contributed by atoms with Gasteiger partial charge in [0.15, 0.2) is 0 Å². The second-order valence-corrected chi connectivity index (χ2v) is 3.93. The van der Waals surface area contributed by atoms with Gasteiger partial charge < -0.3 is 4.74 Å². The molecule has 1 heterocycles. The fourth-order valence-electron chi connectivity index (χ4n) is 1.42. The highest BCUT2D eigenvalue weighted by atomic mass is 35.5. The van der Waals surface area contributed by atoms with Crippen LogP contribution in [-0.2, 0) is 4.74 Å². The molecule has 2 aromatic rings. The molecule has 1 aromatic heterocycles. The Hall–Kier alpha value is -2.14. The lowest BCUT2D eigenvalue weighted by Gasteiger charge is -2.02. The zero-order valence-electron chi connectivity index (χ0n) is 9.44. The van der Waals surface area contributed by atoms with Crippen molar-refractivity contribution in [1.29, 1.82) is 0 Å². The summed E-state index contributed by atoms with van der Waals surface area (Å²) in [4.78, 5) is 22.9. The van der Waals surface area contributed by atoms with Crippen molar-refractivity contribution in [2.75, 3.05) is 7.11 Å². The summed E-state index contributed by atoms with van der Waals surface area (Å²) in [5.41, 5.74) is 0.491. The lowest BCUT2D eigenvalue weighted by atomic mass is 10.1. The van der Waals surface area contributed by atoms with Gasteiger partial charge in [0.1, 0.15) is 0 Å². The number of hydrogen-bond donors (Lipinski definition) is 1. The van der Waals surface area contributed by atoms with Gasteiger partial charge in [-0.2, -0.15) is 5.10 Å². The van der Waals surface area contributed by atoms with Gasteiger partial charge in [-0.05, 0) is 17.7 Å². The smallest absolute Gasteiger partial charge is 0.362 e. The van der Waals surface area contributed by atoms with Crippen LogP contribution in [0, 0.1) is 0 Å². The average molecular weight is 265 g/mol. The Bertz CT molecular complexity index is 635. The maximum absolute atomic E-state index is 11.7. The molecule has 0 saturated carbocycles. The minimum Gasteiger partial charge on any atom is -0.464 e. The lowest BCUT2D eigenvalue weighted by Crippen LogP contribution is -2.19. The van der Waals surface area contributed by atoms with Crippen LogP contribution in [0.15, 0.2) is 35.1 Å². The van der Waals surface area contributed by atoms with E-state index in [0.29, 0.717) is 10.7 Å². The Morgan fingerprint density at radius 2 is 2.00 bits per heavy atom. The fraction of sp³-hybridized carbons (Fsp3) is 0.0833. The van der Waals surface area contributed by atoms with Gasteiger partial charge in [-0.25, -0.2) is 4.79 Å². The van der Waals surface area contributed by atoms with Crippen molar-refractivity contribution in [3.63, 3.8) is 0 Å². The molecule has 5 nitrogen and oxygen atoms in total. The number of carbonyl (C=O) groups is 1. The predicted molar refractivity (Wildman–Crippen MR) is 66.6 cm³/mol. The molecule has 0 unspecified atom stereocenters. The molecule has 0 atom stereocenters. The summed E-state index contributed by atoms with van der Waals surface area (Å²) in [7, 11) is 1.19. The van der Waals surface area contributed by atoms with Gasteiger partial charge in [0, 0.05) is 11.1 Å². The predicted octanol–water partition coefficient (Wildman–Crippen LogP) is 1.88. The first-order valence-electron chi connectivity index (χ1n) is 5.06. The molecule has 2 rings (SSSR count). The number of rotatable bonds is 2. The third-order valence-electron chi connectivity index (χ3n) is 2.33. The molecular formula is C12H9ClN2O3. The first-order chi connectivity index (χ1) is 8.61. The summed E-state index contributed by atoms with van der Waals surface area (Å²) in [6, 6.07) is 8.18. The number of methoxy groups -OCH3 is 1. The molecule has 6 heteroatoms. The van der Waals surface area contributed by atoms with Gasteiger partial charge in [0.2, 0.25) is 11.1 Å². The van der Waals surface area contributed by atoms with Crippen molar-refractivity contribution in [2.24, 2.45) is 0 Å². The van der Waals surface area contributed by atoms with Crippen molar-refractivity contribution in [2.45, 2.75) is 0 Å². The van der Waals surface area contributed by atoms with E-state index in [2.05, 4.69) is 14.9 Å². The van der Waals surface area contributed by atoms with Crippen LogP contribution in [0.1, 0.15) is 10.5 Å². The first-order valence-corrected chi connectivity index (χ1v) is 5.43. The molecule has 0 aliphatic heterocycles. The van der Waals surface area contributed by atoms with Crippen LogP contribution in [0.4, 0.5) is 0 Å². The highest BCUT2D eigenvalue weighted by molar-refractivity contribution is 6.30. The summed E-state index contributed by atoms with van der Waals surface area (Å²) in [5, 5.41) is 6.94. The maximum Gasteiger partial charge on any atom is 0.362 e. The number of nitrogens with one attached hydrogen (secondary N) is 1. The van der Waals surface area contributed by atoms with Crippen molar-refractivity contribution < 1.29 is 9.53 Å². The summed E-state index contributed by atoms with van der Waals surface area (Å²) < 4.78 is 4.44. The van der Waals surface area contributed by atoms with Crippen LogP contribution in [0.2, 0.25) is 5.02 Å². The molecule has 0 bridgehead atoms. The van der Waals surface area contributed by atoms with E-state index in [1.54, 1.807) is 24.3 Å². The second kappa shape index (κ2) is 5.01. The van der Waals surface area contributed by atoms with Crippen LogP contribution in [0.3, 0.4) is 0 Å². The van der Waals surface area contributed by atoms with Crippen molar-refractivity contribution >= 4 is 17.6 Å². The number of hydrogen-bond acceptors (Lipinski definition) is 4. The molecule has 18 heavy (non-hydrogen) atoms. The Labute approximate surface area is 107 Å². The third kappa shape index (κ3) is 2.41. The Morgan fingerprint density at radius 1 is 1.33 bits per heavy atom. The van der Waals surface area contributed by atoms with E-state index in [4.69, 9.17) is 11.6 Å². The van der Waals surface area contributed by atoms with E-state index >= 15 is 0 Å². The lowest BCUT2D eigenvalue weighted by molar-refractivity contribution is 0.0591. The van der Waals surface area contributed by atoms with Gasteiger partial charge in [0.25, 0.3) is 0 Å². The number of H-pyrrole nitrogens is 1. The molecule has 0 radical (unpaired) electrons. The van der Waals surface area contributed by atoms with Crippen molar-refractivity contribution in [3.05, 3.63) is 51.3 Å². The van der Waals surface area contributed by atoms with Crippen molar-refractivity contribution in [1.82, 2.24) is 10.2 Å². The molecule has 92 valence electrons. The largest absolute Gasteiger partial charge is 0.464 e. The van der Waals surface area contributed by atoms with E-state index in [1.807, 2.05) is 0 Å². The number of aromatic nitrogens is 2. The molecule has 0 saturated heterocycles. The minimum absolute atomic E-state index is 0.268. The Kier molecular flexibility index (Phi) is 3.43. The molecule has 0 spiro atoms. The van der Waals surface area contributed by atoms with Crippen LogP contribution in [0.25, 0.3) is 11.3 Å². The van der Waals surface area contributed by atoms with Gasteiger partial charge in [-0.3, -0.25) is 9.89 Å². The number of ether oxygens (including phenoxy) is 1. The average Bonchev–Trinajstić information content (AvgIpc) is 2.38. The molecule has 0 amide bonds. The van der Waals surface area contributed by atoms with Crippen LogP contribution >= 0.6 is 11.6 Å². The normalized spacial score (nSPS) is 10.1. The molecule has 0 aliphatic carbocycles. The summed E-state index contributed by atoms with van der Waals surface area (Å²) in [5.74, 6) is -0.765. The number of esters is 1. The number of aromatic amines is 1. The molecule has 1 aromatic carbocycles. The molecule has 0 aliphatic rings. The van der Waals surface area contributed by atoms with E-state index in [0.717, 1.165) is 5.56 Å². The molecule has 1 N–H and O–H groups in total. The summed E-state index contributed by atoms with van der Waals surface area (Å²) in [6.45, 7) is 0. The molecule has 0 fully saturated rings. The summed E-state index contributed by atoms with van der Waals surface area (Å²) >= 11 is 5.77. The fourth-order valence-corrected chi connectivity index (χ4v) is 1.55. The van der Waals surface area contributed by atoms with Gasteiger partial charge in [-0.15, -0.1) is 0 Å². The Balaban J connectivity index is 2.43. The standard InChI is InChI=1S/C12H9ClN2O3/c1-18-12(17)11-10(16)6-9(14-15-11)7-2-4-8(13)5-3-7/h2-6H,1H3,(H,14,16). The van der Waals surface area contributed by atoms with E-state index in [-0.39, 0.29) is 5.69 Å². The van der Waals surface area contributed by atoms with Gasteiger partial charge in [0.05, 0.1) is 12.8 Å². The van der Waals surface area contributed by atoms with Crippen molar-refractivity contribution in [3.8, 4) is 11.3 Å². The highest BCUT2D eigenvalue weighted by Crippen LogP contribution is 2.17. The second-order valence-electron chi connectivity index (χ2n) is 3.49. The number of benzene rings is 1. The third-order valence-corrected chi connectivity index (χ3v) is 2.58. The van der Waals surface area contributed by atoms with Crippen LogP contribution < -0.4 is 5.43 Å². The number of halogens is 1. The van der Waals surface area contributed by atoms with Crippen LogP contribution in [0.5, 0.6) is 0 Å². The highest BCUT2D eigenvalue weighted by Gasteiger charge is 2.13. The minimum atomic E-state index is -0.765. The molecular weight excluding hydrogens is 256 g/mol.